The van der Waals surface area contributed by atoms with Crippen LogP contribution in [0.25, 0.3) is 5.69 Å². The summed E-state index contributed by atoms with van der Waals surface area (Å²) in [5.74, 6) is 0. The largest absolute Gasteiger partial charge is 0.419 e. The van der Waals surface area contributed by atoms with Crippen molar-refractivity contribution in [3.8, 4) is 5.69 Å². The van der Waals surface area contributed by atoms with Crippen molar-refractivity contribution in [3.63, 3.8) is 0 Å². The number of hydrogen-bond donors (Lipinski definition) is 0. The first-order valence-electron chi connectivity index (χ1n) is 4.86. The lowest BCUT2D eigenvalue weighted by atomic mass is 10.2. The van der Waals surface area contributed by atoms with Crippen molar-refractivity contribution in [1.82, 2.24) is 9.78 Å². The number of nitro groups is 1. The molecule has 0 radical (unpaired) electrons. The lowest BCUT2D eigenvalue weighted by molar-refractivity contribution is -0.384. The number of nitro benzene ring substituents is 1. The average molecular weight is 292 g/mol. The highest BCUT2D eigenvalue weighted by Crippen LogP contribution is 2.33. The van der Waals surface area contributed by atoms with E-state index in [0.717, 1.165) is 4.68 Å². The van der Waals surface area contributed by atoms with Crippen LogP contribution in [-0.4, -0.2) is 14.7 Å². The van der Waals surface area contributed by atoms with Crippen LogP contribution in [0.2, 0.25) is 5.02 Å². The summed E-state index contributed by atoms with van der Waals surface area (Å²) in [6.07, 6.45) is -3.31. The van der Waals surface area contributed by atoms with Crippen LogP contribution in [0.3, 0.4) is 0 Å². The third-order valence-electron chi connectivity index (χ3n) is 2.30. The molecule has 0 atom stereocenters. The van der Waals surface area contributed by atoms with Gasteiger partial charge in [0.25, 0.3) is 0 Å². The summed E-state index contributed by atoms with van der Waals surface area (Å²) in [5, 5.41) is 14.2. The van der Waals surface area contributed by atoms with Crippen molar-refractivity contribution in [2.24, 2.45) is 0 Å². The summed E-state index contributed by atoms with van der Waals surface area (Å²) in [6, 6.07) is 3.92. The van der Waals surface area contributed by atoms with Crippen molar-refractivity contribution in [2.45, 2.75) is 6.18 Å². The molecule has 0 aliphatic carbocycles. The lowest BCUT2D eigenvalue weighted by Crippen LogP contribution is -2.04. The molecule has 0 aliphatic heterocycles. The number of alkyl halides is 3. The molecule has 0 unspecified atom stereocenters. The Morgan fingerprint density at radius 2 is 2.05 bits per heavy atom. The van der Waals surface area contributed by atoms with Gasteiger partial charge in [-0.15, -0.1) is 0 Å². The Balaban J connectivity index is 2.57. The van der Waals surface area contributed by atoms with Gasteiger partial charge in [-0.1, -0.05) is 17.7 Å². The smallest absolute Gasteiger partial charge is 0.258 e. The fourth-order valence-corrected chi connectivity index (χ4v) is 1.71. The molecule has 0 N–H and O–H groups in total. The molecule has 0 aliphatic rings. The van der Waals surface area contributed by atoms with Gasteiger partial charge < -0.3 is 0 Å². The minimum absolute atomic E-state index is 0.131. The van der Waals surface area contributed by atoms with E-state index in [1.807, 2.05) is 0 Å². The fourth-order valence-electron chi connectivity index (χ4n) is 1.47. The van der Waals surface area contributed by atoms with Gasteiger partial charge in [-0.25, -0.2) is 4.68 Å². The molecule has 2 aromatic rings. The number of nitrogens with zero attached hydrogens (tertiary/aromatic N) is 3. The van der Waals surface area contributed by atoms with E-state index in [-0.39, 0.29) is 10.7 Å². The molecule has 2 rings (SSSR count). The van der Waals surface area contributed by atoms with Gasteiger partial charge in [0.05, 0.1) is 16.7 Å². The highest BCUT2D eigenvalue weighted by Gasteiger charge is 2.33. The van der Waals surface area contributed by atoms with Crippen LogP contribution in [-0.2, 0) is 6.18 Å². The third-order valence-corrected chi connectivity index (χ3v) is 2.61. The minimum atomic E-state index is -4.56. The van der Waals surface area contributed by atoms with E-state index in [1.54, 1.807) is 0 Å². The normalized spacial score (nSPS) is 11.6. The topological polar surface area (TPSA) is 61.0 Å². The molecule has 5 nitrogen and oxygen atoms in total. The number of para-hydroxylation sites is 1. The van der Waals surface area contributed by atoms with Crippen molar-refractivity contribution in [1.29, 1.82) is 0 Å². The number of halogens is 4. The fraction of sp³-hybridized carbons (Fsp3) is 0.100. The average Bonchev–Trinajstić information content (AvgIpc) is 2.76. The first kappa shape index (κ1) is 13.3. The number of benzene rings is 1. The highest BCUT2D eigenvalue weighted by molar-refractivity contribution is 6.33. The molecule has 0 spiro atoms. The second kappa shape index (κ2) is 4.54. The van der Waals surface area contributed by atoms with Gasteiger partial charge in [-0.05, 0) is 12.1 Å². The Labute approximate surface area is 109 Å². The maximum absolute atomic E-state index is 12.4. The van der Waals surface area contributed by atoms with E-state index in [1.165, 1.54) is 18.2 Å². The number of aromatic nitrogens is 2. The van der Waals surface area contributed by atoms with Crippen LogP contribution in [0.15, 0.2) is 30.6 Å². The Kier molecular flexibility index (Phi) is 3.19. The van der Waals surface area contributed by atoms with E-state index in [0.29, 0.717) is 12.4 Å². The molecule has 1 aromatic heterocycles. The highest BCUT2D eigenvalue weighted by atomic mass is 35.5. The first-order chi connectivity index (χ1) is 8.80. The number of rotatable bonds is 2. The van der Waals surface area contributed by atoms with Gasteiger partial charge >= 0.3 is 11.9 Å². The first-order valence-corrected chi connectivity index (χ1v) is 5.23. The summed E-state index contributed by atoms with van der Waals surface area (Å²) in [7, 11) is 0. The van der Waals surface area contributed by atoms with Crippen LogP contribution < -0.4 is 0 Å². The van der Waals surface area contributed by atoms with Crippen LogP contribution in [0.4, 0.5) is 18.9 Å². The number of hydrogen-bond acceptors (Lipinski definition) is 3. The van der Waals surface area contributed by atoms with Crippen molar-refractivity contribution < 1.29 is 18.1 Å². The quantitative estimate of drug-likeness (QED) is 0.629. The standard InChI is InChI=1S/C10H5ClF3N3O2/c11-7-2-1-3-8(9(7)17(18)19)16-5-6(4-15-16)10(12,13)14/h1-5H. The Bertz CT molecular complexity index is 639. The van der Waals surface area contributed by atoms with Crippen molar-refractivity contribution >= 4 is 17.3 Å². The predicted octanol–water partition coefficient (Wildman–Crippen LogP) is 3.45. The monoisotopic (exact) mass is 291 g/mol. The van der Waals surface area contributed by atoms with E-state index in [4.69, 9.17) is 11.6 Å². The molecular formula is C10H5ClF3N3O2. The third kappa shape index (κ3) is 2.53. The maximum Gasteiger partial charge on any atom is 0.419 e. The SMILES string of the molecule is O=[N+]([O-])c1c(Cl)cccc1-n1cc(C(F)(F)F)cn1. The van der Waals surface area contributed by atoms with Crippen LogP contribution >= 0.6 is 11.6 Å². The molecule has 9 heteroatoms. The van der Waals surface area contributed by atoms with Gasteiger partial charge in [-0.2, -0.15) is 18.3 Å². The summed E-state index contributed by atoms with van der Waals surface area (Å²) < 4.78 is 38.1. The lowest BCUT2D eigenvalue weighted by Gasteiger charge is -2.04. The van der Waals surface area contributed by atoms with Gasteiger partial charge in [0.15, 0.2) is 0 Å². The second-order valence-corrected chi connectivity index (χ2v) is 3.94. The summed E-state index contributed by atoms with van der Waals surface area (Å²) in [5.41, 5.74) is -1.63. The minimum Gasteiger partial charge on any atom is -0.258 e. The summed E-state index contributed by atoms with van der Waals surface area (Å²) >= 11 is 5.67. The van der Waals surface area contributed by atoms with Crippen LogP contribution in [0, 0.1) is 10.1 Å². The molecule has 0 saturated carbocycles. The van der Waals surface area contributed by atoms with E-state index >= 15 is 0 Å². The van der Waals surface area contributed by atoms with Gasteiger partial charge in [-0.3, -0.25) is 10.1 Å². The summed E-state index contributed by atoms with van der Waals surface area (Å²) in [6.45, 7) is 0. The predicted molar refractivity (Wildman–Crippen MR) is 60.2 cm³/mol. The Morgan fingerprint density at radius 1 is 1.37 bits per heavy atom. The summed E-state index contributed by atoms with van der Waals surface area (Å²) in [4.78, 5) is 10.1. The van der Waals surface area contributed by atoms with Gasteiger partial charge in [0.2, 0.25) is 0 Å². The zero-order valence-corrected chi connectivity index (χ0v) is 9.81. The molecule has 1 heterocycles. The molecule has 19 heavy (non-hydrogen) atoms. The Morgan fingerprint density at radius 3 is 2.58 bits per heavy atom. The Hall–Kier alpha value is -2.09. The van der Waals surface area contributed by atoms with Crippen molar-refractivity contribution in [3.05, 3.63) is 51.3 Å². The zero-order valence-electron chi connectivity index (χ0n) is 9.06. The molecule has 0 bridgehead atoms. The van der Waals surface area contributed by atoms with Crippen LogP contribution in [0.1, 0.15) is 5.56 Å². The van der Waals surface area contributed by atoms with Crippen LogP contribution in [0.5, 0.6) is 0 Å². The molecule has 0 fully saturated rings. The molecular weight excluding hydrogens is 287 g/mol. The second-order valence-electron chi connectivity index (χ2n) is 3.54. The molecule has 0 saturated heterocycles. The van der Waals surface area contributed by atoms with Gasteiger partial charge in [0.1, 0.15) is 10.7 Å². The van der Waals surface area contributed by atoms with Crippen molar-refractivity contribution in [2.75, 3.05) is 0 Å². The maximum atomic E-state index is 12.4. The van der Waals surface area contributed by atoms with E-state index in [2.05, 4.69) is 5.10 Å². The molecule has 100 valence electrons. The van der Waals surface area contributed by atoms with Gasteiger partial charge in [0, 0.05) is 6.20 Å². The molecule has 1 aromatic carbocycles. The zero-order chi connectivity index (χ0) is 14.2. The molecule has 0 amide bonds. The van der Waals surface area contributed by atoms with E-state index in [9.17, 15) is 23.3 Å². The van der Waals surface area contributed by atoms with E-state index < -0.39 is 22.4 Å².